The summed E-state index contributed by atoms with van der Waals surface area (Å²) in [5.41, 5.74) is 1.74. The molecule has 0 spiro atoms. The lowest BCUT2D eigenvalue weighted by Gasteiger charge is -2.21. The first-order valence-electron chi connectivity index (χ1n) is 6.44. The standard InChI is InChI=1S/C13H18N2O4/c1-8-10(9(2)19-14-8)5-6-12(16)15-7-3-4-11(15)13(17)18/h11H,3-7H2,1-2H3,(H,17,18)/t11-/m0/s1. The van der Waals surface area contributed by atoms with E-state index in [9.17, 15) is 9.59 Å². The van der Waals surface area contributed by atoms with Gasteiger partial charge in [-0.3, -0.25) is 4.79 Å². The predicted octanol–water partition coefficient (Wildman–Crippen LogP) is 1.30. The molecule has 1 saturated heterocycles. The molecule has 1 atom stereocenters. The molecule has 6 nitrogen and oxygen atoms in total. The number of hydrogen-bond acceptors (Lipinski definition) is 4. The summed E-state index contributed by atoms with van der Waals surface area (Å²) >= 11 is 0. The summed E-state index contributed by atoms with van der Waals surface area (Å²) in [7, 11) is 0. The lowest BCUT2D eigenvalue weighted by molar-refractivity contribution is -0.148. The van der Waals surface area contributed by atoms with Gasteiger partial charge < -0.3 is 14.5 Å². The molecule has 104 valence electrons. The Morgan fingerprint density at radius 1 is 1.47 bits per heavy atom. The SMILES string of the molecule is Cc1noc(C)c1CCC(=O)N1CCC[C@H]1C(=O)O. The second-order valence-electron chi connectivity index (χ2n) is 4.89. The zero-order valence-corrected chi connectivity index (χ0v) is 11.2. The molecule has 0 saturated carbocycles. The van der Waals surface area contributed by atoms with Crippen molar-refractivity contribution in [2.75, 3.05) is 6.54 Å². The van der Waals surface area contributed by atoms with Crippen LogP contribution in [0.3, 0.4) is 0 Å². The fraction of sp³-hybridized carbons (Fsp3) is 0.615. The number of aryl methyl sites for hydroxylation is 2. The number of carbonyl (C=O) groups excluding carboxylic acids is 1. The number of amides is 1. The maximum atomic E-state index is 12.1. The third-order valence-electron chi connectivity index (χ3n) is 3.63. The number of aliphatic carboxylic acids is 1. The molecule has 1 N–H and O–H groups in total. The van der Waals surface area contributed by atoms with E-state index in [2.05, 4.69) is 5.16 Å². The number of aromatic nitrogens is 1. The molecule has 1 aromatic heterocycles. The average Bonchev–Trinajstić information content (AvgIpc) is 2.95. The van der Waals surface area contributed by atoms with E-state index in [0.29, 0.717) is 25.8 Å². The van der Waals surface area contributed by atoms with Crippen molar-refractivity contribution in [3.8, 4) is 0 Å². The van der Waals surface area contributed by atoms with Gasteiger partial charge in [-0.05, 0) is 33.1 Å². The third kappa shape index (κ3) is 2.77. The lowest BCUT2D eigenvalue weighted by Crippen LogP contribution is -2.40. The largest absolute Gasteiger partial charge is 0.480 e. The zero-order chi connectivity index (χ0) is 14.0. The van der Waals surface area contributed by atoms with Gasteiger partial charge in [0.25, 0.3) is 0 Å². The van der Waals surface area contributed by atoms with Crippen molar-refractivity contribution >= 4 is 11.9 Å². The Morgan fingerprint density at radius 2 is 2.21 bits per heavy atom. The fourth-order valence-corrected chi connectivity index (χ4v) is 2.56. The topological polar surface area (TPSA) is 83.6 Å². The van der Waals surface area contributed by atoms with E-state index in [1.807, 2.05) is 13.8 Å². The van der Waals surface area contributed by atoms with Gasteiger partial charge in [-0.2, -0.15) is 0 Å². The fourth-order valence-electron chi connectivity index (χ4n) is 2.56. The monoisotopic (exact) mass is 266 g/mol. The Morgan fingerprint density at radius 3 is 2.79 bits per heavy atom. The molecule has 6 heteroatoms. The maximum Gasteiger partial charge on any atom is 0.326 e. The minimum absolute atomic E-state index is 0.107. The smallest absolute Gasteiger partial charge is 0.326 e. The van der Waals surface area contributed by atoms with Crippen LogP contribution in [0.4, 0.5) is 0 Å². The molecule has 1 aliphatic heterocycles. The van der Waals surface area contributed by atoms with Crippen LogP contribution in [0.5, 0.6) is 0 Å². The van der Waals surface area contributed by atoms with E-state index in [0.717, 1.165) is 23.4 Å². The molecular weight excluding hydrogens is 248 g/mol. The first-order valence-corrected chi connectivity index (χ1v) is 6.44. The highest BCUT2D eigenvalue weighted by Gasteiger charge is 2.33. The number of hydrogen-bond donors (Lipinski definition) is 1. The molecule has 0 radical (unpaired) electrons. The highest BCUT2D eigenvalue weighted by molar-refractivity contribution is 5.84. The average molecular weight is 266 g/mol. The molecule has 19 heavy (non-hydrogen) atoms. The summed E-state index contributed by atoms with van der Waals surface area (Å²) in [4.78, 5) is 24.6. The highest BCUT2D eigenvalue weighted by atomic mass is 16.5. The molecular formula is C13H18N2O4. The van der Waals surface area contributed by atoms with Crippen LogP contribution in [0.15, 0.2) is 4.52 Å². The van der Waals surface area contributed by atoms with Gasteiger partial charge in [0.15, 0.2) is 0 Å². The van der Waals surface area contributed by atoms with Crippen molar-refractivity contribution in [2.45, 2.75) is 45.6 Å². The molecule has 1 amide bonds. The number of rotatable bonds is 4. The summed E-state index contributed by atoms with van der Waals surface area (Å²) in [6, 6.07) is -0.655. The molecule has 1 fully saturated rings. The Bertz CT molecular complexity index is 475. The Hall–Kier alpha value is -1.85. The van der Waals surface area contributed by atoms with Crippen LogP contribution in [0.25, 0.3) is 0 Å². The number of carboxylic acid groups (broad SMARTS) is 1. The first kappa shape index (κ1) is 13.6. The molecule has 0 unspecified atom stereocenters. The van der Waals surface area contributed by atoms with E-state index in [-0.39, 0.29) is 5.91 Å². The van der Waals surface area contributed by atoms with Crippen molar-refractivity contribution in [2.24, 2.45) is 0 Å². The van der Waals surface area contributed by atoms with Crippen LogP contribution in [-0.4, -0.2) is 39.6 Å². The zero-order valence-electron chi connectivity index (χ0n) is 11.2. The maximum absolute atomic E-state index is 12.1. The summed E-state index contributed by atoms with van der Waals surface area (Å²) in [6.45, 7) is 4.19. The van der Waals surface area contributed by atoms with Crippen molar-refractivity contribution in [3.63, 3.8) is 0 Å². The van der Waals surface area contributed by atoms with Crippen LogP contribution < -0.4 is 0 Å². The minimum atomic E-state index is -0.914. The van der Waals surface area contributed by atoms with E-state index in [4.69, 9.17) is 9.63 Å². The Balaban J connectivity index is 1.96. The molecule has 1 aromatic rings. The van der Waals surface area contributed by atoms with Gasteiger partial charge in [-0.15, -0.1) is 0 Å². The number of likely N-dealkylation sites (tertiary alicyclic amines) is 1. The predicted molar refractivity (Wildman–Crippen MR) is 66.7 cm³/mol. The van der Waals surface area contributed by atoms with Crippen LogP contribution in [0, 0.1) is 13.8 Å². The summed E-state index contributed by atoms with van der Waals surface area (Å²) < 4.78 is 5.04. The molecule has 0 bridgehead atoms. The minimum Gasteiger partial charge on any atom is -0.480 e. The second kappa shape index (κ2) is 5.42. The number of carbonyl (C=O) groups is 2. The third-order valence-corrected chi connectivity index (χ3v) is 3.63. The van der Waals surface area contributed by atoms with Gasteiger partial charge in [0.1, 0.15) is 11.8 Å². The van der Waals surface area contributed by atoms with E-state index < -0.39 is 12.0 Å². The van der Waals surface area contributed by atoms with Crippen molar-refractivity contribution in [3.05, 3.63) is 17.0 Å². The number of nitrogens with zero attached hydrogens (tertiary/aromatic N) is 2. The molecule has 1 aliphatic rings. The van der Waals surface area contributed by atoms with Gasteiger partial charge >= 0.3 is 5.97 Å². The first-order chi connectivity index (χ1) is 9.00. The Kier molecular flexibility index (Phi) is 3.87. The molecule has 2 rings (SSSR count). The molecule has 2 heterocycles. The Labute approximate surface area is 111 Å². The summed E-state index contributed by atoms with van der Waals surface area (Å²) in [5.74, 6) is -0.297. The summed E-state index contributed by atoms with van der Waals surface area (Å²) in [5, 5.41) is 12.9. The van der Waals surface area contributed by atoms with Gasteiger partial charge in [0.2, 0.25) is 5.91 Å². The van der Waals surface area contributed by atoms with E-state index in [1.54, 1.807) is 0 Å². The highest BCUT2D eigenvalue weighted by Crippen LogP contribution is 2.20. The van der Waals surface area contributed by atoms with Crippen molar-refractivity contribution in [1.29, 1.82) is 0 Å². The quantitative estimate of drug-likeness (QED) is 0.888. The van der Waals surface area contributed by atoms with E-state index in [1.165, 1.54) is 4.90 Å². The van der Waals surface area contributed by atoms with Crippen LogP contribution in [-0.2, 0) is 16.0 Å². The molecule has 0 aliphatic carbocycles. The molecule has 0 aromatic carbocycles. The van der Waals surface area contributed by atoms with Crippen LogP contribution >= 0.6 is 0 Å². The second-order valence-corrected chi connectivity index (χ2v) is 4.89. The lowest BCUT2D eigenvalue weighted by atomic mass is 10.1. The normalized spacial score (nSPS) is 18.8. The van der Waals surface area contributed by atoms with Gasteiger partial charge in [0, 0.05) is 18.5 Å². The van der Waals surface area contributed by atoms with Gasteiger partial charge in [-0.25, -0.2) is 4.79 Å². The number of carboxylic acids is 1. The summed E-state index contributed by atoms with van der Waals surface area (Å²) in [6.07, 6.45) is 2.15. The van der Waals surface area contributed by atoms with E-state index >= 15 is 0 Å². The van der Waals surface area contributed by atoms with Gasteiger partial charge in [-0.1, -0.05) is 5.16 Å². The van der Waals surface area contributed by atoms with Crippen molar-refractivity contribution in [1.82, 2.24) is 10.1 Å². The van der Waals surface area contributed by atoms with Crippen LogP contribution in [0.2, 0.25) is 0 Å². The van der Waals surface area contributed by atoms with Gasteiger partial charge in [0.05, 0.1) is 5.69 Å². The van der Waals surface area contributed by atoms with Crippen LogP contribution in [0.1, 0.15) is 36.3 Å². The van der Waals surface area contributed by atoms with Crippen molar-refractivity contribution < 1.29 is 19.2 Å².